The van der Waals surface area contributed by atoms with Crippen molar-refractivity contribution in [2.75, 3.05) is 7.11 Å². The molecule has 0 unspecified atom stereocenters. The van der Waals surface area contributed by atoms with Crippen LogP contribution in [0.2, 0.25) is 0 Å². The van der Waals surface area contributed by atoms with Gasteiger partial charge >= 0.3 is 5.97 Å². The first-order chi connectivity index (χ1) is 16.3. The molecule has 0 spiro atoms. The number of ether oxygens (including phenoxy) is 1. The summed E-state index contributed by atoms with van der Waals surface area (Å²) < 4.78 is 4.96. The van der Waals surface area contributed by atoms with Crippen LogP contribution in [0, 0.1) is 0 Å². The SMILES string of the molecule is COC(=O)/C=C/C(P(c1ccccc1)c1ccccc1)=[P+](c1ccccc1)c1ccccc1. The molecule has 0 aliphatic rings. The lowest BCUT2D eigenvalue weighted by Gasteiger charge is -2.18. The van der Waals surface area contributed by atoms with E-state index in [1.807, 2.05) is 30.3 Å². The van der Waals surface area contributed by atoms with Gasteiger partial charge in [-0.25, -0.2) is 4.79 Å². The summed E-state index contributed by atoms with van der Waals surface area (Å²) in [6, 6.07) is 42.4. The molecule has 0 aliphatic carbocycles. The molecule has 0 bridgehead atoms. The molecule has 0 heterocycles. The number of carbonyl (C=O) groups excluding carboxylic acids is 1. The lowest BCUT2D eigenvalue weighted by molar-refractivity contribution is -0.134. The fourth-order valence-corrected chi connectivity index (χ4v) is 9.76. The highest BCUT2D eigenvalue weighted by Gasteiger charge is 2.31. The quantitative estimate of drug-likeness (QED) is 0.215. The van der Waals surface area contributed by atoms with E-state index in [-0.39, 0.29) is 5.97 Å². The van der Waals surface area contributed by atoms with E-state index < -0.39 is 15.5 Å². The van der Waals surface area contributed by atoms with E-state index in [1.54, 1.807) is 6.08 Å². The van der Waals surface area contributed by atoms with Gasteiger partial charge in [-0.05, 0) is 41.0 Å². The van der Waals surface area contributed by atoms with Gasteiger partial charge in [-0.2, -0.15) is 0 Å². The van der Waals surface area contributed by atoms with Crippen molar-refractivity contribution in [3.05, 3.63) is 133 Å². The van der Waals surface area contributed by atoms with Crippen LogP contribution in [0.1, 0.15) is 0 Å². The Labute approximate surface area is 197 Å². The fraction of sp³-hybridized carbons (Fsp3) is 0.0345. The van der Waals surface area contributed by atoms with Gasteiger partial charge in [0.25, 0.3) is 0 Å². The second kappa shape index (κ2) is 11.5. The molecule has 2 nitrogen and oxygen atoms in total. The zero-order valence-corrected chi connectivity index (χ0v) is 20.2. The van der Waals surface area contributed by atoms with Gasteiger partial charge in [-0.3, -0.25) is 0 Å². The zero-order chi connectivity index (χ0) is 22.9. The molecule has 4 aromatic carbocycles. The van der Waals surface area contributed by atoms with Crippen molar-refractivity contribution < 1.29 is 9.53 Å². The topological polar surface area (TPSA) is 26.3 Å². The standard InChI is InChI=1S/C29H25O2P2/c1-31-28(30)22-23-29(32(24-14-6-2-7-15-24)25-16-8-3-9-17-25)33(26-18-10-4-11-19-26)27-20-12-5-13-21-27/h2-23H,1H3/q+1/b23-22+. The molecule has 0 fully saturated rings. The highest BCUT2D eigenvalue weighted by atomic mass is 31.2. The second-order valence-corrected chi connectivity index (χ2v) is 12.0. The normalized spacial score (nSPS) is 10.8. The molecule has 4 aromatic rings. The van der Waals surface area contributed by atoms with Crippen molar-refractivity contribution in [3.63, 3.8) is 0 Å². The first-order valence-corrected chi connectivity index (χ1v) is 13.4. The van der Waals surface area contributed by atoms with Gasteiger partial charge in [0.05, 0.1) is 7.11 Å². The Bertz CT molecular complexity index is 1160. The Morgan fingerprint density at radius 1 is 0.636 bits per heavy atom. The average molecular weight is 467 g/mol. The van der Waals surface area contributed by atoms with E-state index in [0.29, 0.717) is 0 Å². The van der Waals surface area contributed by atoms with Crippen molar-refractivity contribution in [1.82, 2.24) is 0 Å². The minimum absolute atomic E-state index is 0.348. The minimum Gasteiger partial charge on any atom is -0.466 e. The number of hydrogen-bond donors (Lipinski definition) is 0. The van der Waals surface area contributed by atoms with Crippen molar-refractivity contribution >= 4 is 47.7 Å². The van der Waals surface area contributed by atoms with Gasteiger partial charge in [0.2, 0.25) is 0 Å². The lowest BCUT2D eigenvalue weighted by atomic mass is 10.4. The average Bonchev–Trinajstić information content (AvgIpc) is 2.89. The number of esters is 1. The zero-order valence-electron chi connectivity index (χ0n) is 18.4. The Morgan fingerprint density at radius 2 is 1.03 bits per heavy atom. The number of methoxy groups -OCH3 is 1. The van der Waals surface area contributed by atoms with E-state index >= 15 is 0 Å². The van der Waals surface area contributed by atoms with Crippen LogP contribution in [0.3, 0.4) is 0 Å². The maximum absolute atomic E-state index is 12.2. The monoisotopic (exact) mass is 467 g/mol. The lowest BCUT2D eigenvalue weighted by Crippen LogP contribution is -2.20. The van der Waals surface area contributed by atoms with Gasteiger partial charge < -0.3 is 4.74 Å². The van der Waals surface area contributed by atoms with Crippen LogP contribution in [0.25, 0.3) is 0 Å². The third-order valence-corrected chi connectivity index (χ3v) is 10.8. The van der Waals surface area contributed by atoms with Crippen LogP contribution >= 0.6 is 15.5 Å². The molecular formula is C29H25O2P2+. The van der Waals surface area contributed by atoms with Gasteiger partial charge in [-0.15, -0.1) is 0 Å². The molecule has 33 heavy (non-hydrogen) atoms. The molecule has 0 saturated carbocycles. The fourth-order valence-electron chi connectivity index (χ4n) is 3.60. The van der Waals surface area contributed by atoms with Crippen LogP contribution in [-0.4, -0.2) is 18.1 Å². The maximum Gasteiger partial charge on any atom is 0.330 e. The molecule has 0 aliphatic heterocycles. The van der Waals surface area contributed by atoms with Crippen LogP contribution < -0.4 is 21.2 Å². The third kappa shape index (κ3) is 5.74. The van der Waals surface area contributed by atoms with Crippen molar-refractivity contribution in [2.24, 2.45) is 0 Å². The molecule has 162 valence electrons. The number of hydrogen-bond acceptors (Lipinski definition) is 2. The number of benzene rings is 4. The molecule has 0 radical (unpaired) electrons. The summed E-state index contributed by atoms with van der Waals surface area (Å²) in [5, 5.41) is 6.25. The molecule has 4 rings (SSSR count). The minimum atomic E-state index is -0.886. The number of allylic oxidation sites excluding steroid dienone is 1. The highest BCUT2D eigenvalue weighted by Crippen LogP contribution is 2.44. The first-order valence-electron chi connectivity index (χ1n) is 10.7. The van der Waals surface area contributed by atoms with Crippen molar-refractivity contribution in [3.8, 4) is 0 Å². The number of carbonyl (C=O) groups is 1. The predicted molar refractivity (Wildman–Crippen MR) is 144 cm³/mol. The summed E-state index contributed by atoms with van der Waals surface area (Å²) in [6.45, 7) is 0. The largest absolute Gasteiger partial charge is 0.466 e. The Morgan fingerprint density at radius 3 is 1.42 bits per heavy atom. The van der Waals surface area contributed by atoms with E-state index in [4.69, 9.17) is 4.74 Å². The first kappa shape index (κ1) is 22.9. The van der Waals surface area contributed by atoms with E-state index in [2.05, 4.69) is 97.1 Å². The second-order valence-electron chi connectivity index (χ2n) is 7.23. The molecule has 0 saturated heterocycles. The summed E-state index contributed by atoms with van der Waals surface area (Å²) in [6.07, 6.45) is 3.57. The molecule has 0 atom stereocenters. The van der Waals surface area contributed by atoms with Gasteiger partial charge in [0.1, 0.15) is 0 Å². The number of rotatable bonds is 7. The smallest absolute Gasteiger partial charge is 0.330 e. The predicted octanol–water partition coefficient (Wildman–Crippen LogP) is 5.11. The van der Waals surface area contributed by atoms with Gasteiger partial charge in [0.15, 0.2) is 23.2 Å². The van der Waals surface area contributed by atoms with E-state index in [1.165, 1.54) is 33.4 Å². The summed E-state index contributed by atoms with van der Waals surface area (Å²) in [4.78, 5) is 12.2. The van der Waals surface area contributed by atoms with Crippen molar-refractivity contribution in [1.29, 1.82) is 0 Å². The molecule has 4 heteroatoms. The van der Waals surface area contributed by atoms with Crippen LogP contribution in [0.5, 0.6) is 0 Å². The summed E-state index contributed by atoms with van der Waals surface area (Å²) in [5.74, 6) is -0.348. The Hall–Kier alpha value is -3.31. The van der Waals surface area contributed by atoms with Gasteiger partial charge in [0, 0.05) is 14.0 Å². The summed E-state index contributed by atoms with van der Waals surface area (Å²) in [5.41, 5.74) is 0. The maximum atomic E-state index is 12.2. The summed E-state index contributed by atoms with van der Waals surface area (Å²) >= 11 is 0. The Kier molecular flexibility index (Phi) is 7.99. The third-order valence-electron chi connectivity index (χ3n) is 5.09. The summed E-state index contributed by atoms with van der Waals surface area (Å²) in [7, 11) is -0.354. The van der Waals surface area contributed by atoms with Crippen LogP contribution in [-0.2, 0) is 9.53 Å². The Balaban J connectivity index is 2.07. The van der Waals surface area contributed by atoms with E-state index in [0.717, 1.165) is 0 Å². The molecule has 0 amide bonds. The van der Waals surface area contributed by atoms with Crippen molar-refractivity contribution in [2.45, 2.75) is 0 Å². The highest BCUT2D eigenvalue weighted by molar-refractivity contribution is 8.01. The molecule has 0 aromatic heterocycles. The molecule has 0 N–H and O–H groups in total. The van der Waals surface area contributed by atoms with Crippen LogP contribution in [0.4, 0.5) is 0 Å². The van der Waals surface area contributed by atoms with Crippen LogP contribution in [0.15, 0.2) is 133 Å². The van der Waals surface area contributed by atoms with E-state index in [9.17, 15) is 4.79 Å². The molecular weight excluding hydrogens is 442 g/mol. The van der Waals surface area contributed by atoms with Gasteiger partial charge in [-0.1, -0.05) is 97.1 Å².